The van der Waals surface area contributed by atoms with Crippen molar-refractivity contribution in [2.24, 2.45) is 0 Å². The van der Waals surface area contributed by atoms with E-state index in [4.69, 9.17) is 0 Å². The number of nitrogens with one attached hydrogen (secondary N) is 2. The molecule has 0 unspecified atom stereocenters. The topological polar surface area (TPSA) is 44.1 Å². The second-order valence-corrected chi connectivity index (χ2v) is 5.10. The Morgan fingerprint density at radius 1 is 1.10 bits per heavy atom. The van der Waals surface area contributed by atoms with Crippen molar-refractivity contribution < 1.29 is 4.79 Å². The van der Waals surface area contributed by atoms with Crippen LogP contribution in [0, 0.1) is 0 Å². The van der Waals surface area contributed by atoms with Crippen LogP contribution in [0.15, 0.2) is 42.5 Å². The molecule has 1 saturated heterocycles. The van der Waals surface area contributed by atoms with E-state index < -0.39 is 0 Å². The number of carbonyl (C=O) groups excluding carboxylic acids is 1. The van der Waals surface area contributed by atoms with Crippen LogP contribution in [0.3, 0.4) is 0 Å². The minimum Gasteiger partial charge on any atom is -0.338 e. The lowest BCUT2D eigenvalue weighted by Gasteiger charge is -2.10. The molecule has 4 heteroatoms. The Labute approximate surface area is 118 Å². The summed E-state index contributed by atoms with van der Waals surface area (Å²) in [7, 11) is 0. The molecule has 1 aliphatic rings. The zero-order valence-electron chi connectivity index (χ0n) is 11.4. The fraction of sp³-hybridized carbons (Fsp3) is 0.312. The van der Waals surface area contributed by atoms with Crippen molar-refractivity contribution in [1.29, 1.82) is 0 Å². The van der Waals surface area contributed by atoms with Gasteiger partial charge in [0, 0.05) is 25.0 Å². The number of hydrogen-bond acceptors (Lipinski definition) is 2. The Morgan fingerprint density at radius 2 is 1.90 bits per heavy atom. The second-order valence-electron chi connectivity index (χ2n) is 5.10. The van der Waals surface area contributed by atoms with E-state index >= 15 is 0 Å². The Balaban J connectivity index is 1.56. The van der Waals surface area contributed by atoms with E-state index in [1.807, 2.05) is 42.5 Å². The lowest BCUT2D eigenvalue weighted by molar-refractivity contribution is 0.252. The first kappa shape index (κ1) is 12.9. The van der Waals surface area contributed by atoms with E-state index in [-0.39, 0.29) is 6.03 Å². The van der Waals surface area contributed by atoms with Gasteiger partial charge < -0.3 is 15.5 Å². The summed E-state index contributed by atoms with van der Waals surface area (Å²) >= 11 is 0. The Morgan fingerprint density at radius 3 is 2.75 bits per heavy atom. The van der Waals surface area contributed by atoms with E-state index in [2.05, 4.69) is 15.5 Å². The molecule has 0 aliphatic carbocycles. The average molecular weight is 269 g/mol. The van der Waals surface area contributed by atoms with Crippen LogP contribution < -0.4 is 10.6 Å². The summed E-state index contributed by atoms with van der Waals surface area (Å²) in [6.45, 7) is 4.21. The average Bonchev–Trinajstić information content (AvgIpc) is 3.28. The maximum Gasteiger partial charge on any atom is 0.319 e. The Bertz CT molecular complexity index is 602. The molecule has 2 N–H and O–H groups in total. The monoisotopic (exact) mass is 269 g/mol. The number of benzene rings is 2. The molecule has 0 spiro atoms. The van der Waals surface area contributed by atoms with Crippen molar-refractivity contribution in [2.75, 3.05) is 31.5 Å². The summed E-state index contributed by atoms with van der Waals surface area (Å²) in [5.74, 6) is 0. The number of carbonyl (C=O) groups is 1. The summed E-state index contributed by atoms with van der Waals surface area (Å²) < 4.78 is 0. The fourth-order valence-electron chi connectivity index (χ4n) is 2.30. The molecule has 1 fully saturated rings. The van der Waals surface area contributed by atoms with Gasteiger partial charge in [0.25, 0.3) is 0 Å². The van der Waals surface area contributed by atoms with Crippen molar-refractivity contribution >= 4 is 22.5 Å². The Kier molecular flexibility index (Phi) is 3.83. The standard InChI is InChI=1S/C16H19N3O/c20-16(17-9-4-10-19-11-12-19)18-15-8-3-6-13-5-1-2-7-14(13)15/h1-3,5-8H,4,9-12H2,(H2,17,18,20). The van der Waals surface area contributed by atoms with Crippen molar-refractivity contribution in [1.82, 2.24) is 10.2 Å². The molecule has 0 aromatic heterocycles. The lowest BCUT2D eigenvalue weighted by atomic mass is 10.1. The van der Waals surface area contributed by atoms with Gasteiger partial charge in [-0.1, -0.05) is 36.4 Å². The summed E-state index contributed by atoms with van der Waals surface area (Å²) in [6.07, 6.45) is 1.00. The molecule has 4 nitrogen and oxygen atoms in total. The van der Waals surface area contributed by atoms with Gasteiger partial charge in [0.1, 0.15) is 0 Å². The third-order valence-electron chi connectivity index (χ3n) is 3.51. The van der Waals surface area contributed by atoms with Crippen LogP contribution in [0.5, 0.6) is 0 Å². The van der Waals surface area contributed by atoms with Gasteiger partial charge in [0.05, 0.1) is 5.69 Å². The summed E-state index contributed by atoms with van der Waals surface area (Å²) in [6, 6.07) is 13.8. The first-order valence-electron chi connectivity index (χ1n) is 7.08. The van der Waals surface area contributed by atoms with Gasteiger partial charge in [-0.05, 0) is 24.4 Å². The van der Waals surface area contributed by atoms with Crippen molar-refractivity contribution in [3.05, 3.63) is 42.5 Å². The molecule has 20 heavy (non-hydrogen) atoms. The van der Waals surface area contributed by atoms with Crippen LogP contribution in [0.25, 0.3) is 10.8 Å². The van der Waals surface area contributed by atoms with Crippen molar-refractivity contribution in [3.63, 3.8) is 0 Å². The number of urea groups is 1. The highest BCUT2D eigenvalue weighted by Gasteiger charge is 2.15. The number of anilines is 1. The van der Waals surface area contributed by atoms with Gasteiger partial charge in [-0.3, -0.25) is 0 Å². The van der Waals surface area contributed by atoms with Crippen LogP contribution in [0.4, 0.5) is 10.5 Å². The van der Waals surface area contributed by atoms with E-state index in [9.17, 15) is 4.79 Å². The van der Waals surface area contributed by atoms with Crippen LogP contribution >= 0.6 is 0 Å². The van der Waals surface area contributed by atoms with Crippen molar-refractivity contribution in [3.8, 4) is 0 Å². The number of amides is 2. The van der Waals surface area contributed by atoms with E-state index in [1.165, 1.54) is 13.1 Å². The van der Waals surface area contributed by atoms with Gasteiger partial charge in [-0.25, -0.2) is 4.79 Å². The van der Waals surface area contributed by atoms with Gasteiger partial charge in [-0.2, -0.15) is 0 Å². The van der Waals surface area contributed by atoms with E-state index in [0.29, 0.717) is 6.54 Å². The fourth-order valence-corrected chi connectivity index (χ4v) is 2.30. The highest BCUT2D eigenvalue weighted by molar-refractivity contribution is 6.01. The zero-order valence-corrected chi connectivity index (χ0v) is 11.4. The van der Waals surface area contributed by atoms with Crippen LogP contribution in [0.1, 0.15) is 6.42 Å². The maximum atomic E-state index is 11.9. The highest BCUT2D eigenvalue weighted by atomic mass is 16.2. The van der Waals surface area contributed by atoms with Gasteiger partial charge in [-0.15, -0.1) is 0 Å². The first-order valence-corrected chi connectivity index (χ1v) is 7.08. The van der Waals surface area contributed by atoms with Crippen LogP contribution in [0.2, 0.25) is 0 Å². The molecule has 1 heterocycles. The van der Waals surface area contributed by atoms with Crippen molar-refractivity contribution in [2.45, 2.75) is 6.42 Å². The first-order chi connectivity index (χ1) is 9.83. The third-order valence-corrected chi connectivity index (χ3v) is 3.51. The molecule has 0 saturated carbocycles. The Hall–Kier alpha value is -2.07. The molecule has 0 bridgehead atoms. The van der Waals surface area contributed by atoms with E-state index in [0.717, 1.165) is 29.4 Å². The number of rotatable bonds is 5. The smallest absolute Gasteiger partial charge is 0.319 e. The number of fused-ring (bicyclic) bond motifs is 1. The normalized spacial score (nSPS) is 14.2. The molecule has 2 aromatic carbocycles. The molecule has 3 rings (SSSR count). The summed E-state index contributed by atoms with van der Waals surface area (Å²) in [4.78, 5) is 14.2. The van der Waals surface area contributed by atoms with Gasteiger partial charge >= 0.3 is 6.03 Å². The summed E-state index contributed by atoms with van der Waals surface area (Å²) in [5, 5.41) is 8.02. The SMILES string of the molecule is O=C(NCCCN1CC1)Nc1cccc2ccccc12. The summed E-state index contributed by atoms with van der Waals surface area (Å²) in [5.41, 5.74) is 0.853. The van der Waals surface area contributed by atoms with Gasteiger partial charge in [0.2, 0.25) is 0 Å². The largest absolute Gasteiger partial charge is 0.338 e. The van der Waals surface area contributed by atoms with Gasteiger partial charge in [0.15, 0.2) is 0 Å². The predicted molar refractivity (Wildman–Crippen MR) is 82.0 cm³/mol. The molecular weight excluding hydrogens is 250 g/mol. The quantitative estimate of drug-likeness (QED) is 0.647. The minimum atomic E-state index is -0.132. The third kappa shape index (κ3) is 3.27. The minimum absolute atomic E-state index is 0.132. The molecule has 104 valence electrons. The van der Waals surface area contributed by atoms with Crippen LogP contribution in [-0.4, -0.2) is 37.1 Å². The second kappa shape index (κ2) is 5.92. The predicted octanol–water partition coefficient (Wildman–Crippen LogP) is 2.67. The number of nitrogens with zero attached hydrogens (tertiary/aromatic N) is 1. The number of hydrogen-bond donors (Lipinski definition) is 2. The van der Waals surface area contributed by atoms with Crippen LogP contribution in [-0.2, 0) is 0 Å². The molecule has 2 aromatic rings. The molecule has 2 amide bonds. The maximum absolute atomic E-state index is 11.9. The highest BCUT2D eigenvalue weighted by Crippen LogP contribution is 2.22. The van der Waals surface area contributed by atoms with E-state index in [1.54, 1.807) is 0 Å². The zero-order chi connectivity index (χ0) is 13.8. The molecule has 0 atom stereocenters. The molecule has 0 radical (unpaired) electrons. The molecular formula is C16H19N3O. The molecule has 1 aliphatic heterocycles. The lowest BCUT2D eigenvalue weighted by Crippen LogP contribution is -2.30.